The molecule has 80 heavy (non-hydrogen) atoms. The Balaban J connectivity index is 0.885. The minimum Gasteiger partial charge on any atom is -0.0622 e. The van der Waals surface area contributed by atoms with Gasteiger partial charge < -0.3 is 0 Å². The molecule has 0 amide bonds. The first kappa shape index (κ1) is 43.3. The summed E-state index contributed by atoms with van der Waals surface area (Å²) >= 11 is 2.46. The quantitative estimate of drug-likeness (QED) is 0.142. The second kappa shape index (κ2) is 18.2. The number of hydrogen-bond acceptors (Lipinski definition) is 2. The summed E-state index contributed by atoms with van der Waals surface area (Å²) in [4.78, 5) is 5.17. The van der Waals surface area contributed by atoms with Crippen molar-refractivity contribution in [2.24, 2.45) is 0 Å². The van der Waals surface area contributed by atoms with Crippen LogP contribution in [0.2, 0.25) is 0 Å². The van der Waals surface area contributed by atoms with Crippen LogP contribution in [-0.2, 0) is 24.8 Å². The molecule has 0 atom stereocenters. The maximum absolute atomic E-state index is 8.93. The number of benzene rings is 11. The molecule has 0 bridgehead atoms. The summed E-state index contributed by atoms with van der Waals surface area (Å²) in [6, 6.07) is 96.1. The van der Waals surface area contributed by atoms with Crippen molar-refractivity contribution in [3.63, 3.8) is 0 Å². The van der Waals surface area contributed by atoms with E-state index >= 15 is 0 Å². The van der Waals surface area contributed by atoms with E-state index in [0.29, 0.717) is 28.4 Å². The Morgan fingerprint density at radius 1 is 0.425 bits per heavy atom. The van der Waals surface area contributed by atoms with Crippen LogP contribution >= 0.6 is 0 Å². The van der Waals surface area contributed by atoms with Crippen LogP contribution < -0.4 is 4.74 Å². The molecule has 6 heteroatoms. The van der Waals surface area contributed by atoms with E-state index in [-0.39, 0.29) is 5.56 Å². The molecular weight excluding hydrogens is 1160 g/mol. The number of imidazole rings is 1. The Hall–Kier alpha value is -9.67. The third-order valence-electron chi connectivity index (χ3n) is 16.3. The van der Waals surface area contributed by atoms with Gasteiger partial charge in [0, 0.05) is 15.9 Å². The van der Waals surface area contributed by atoms with Crippen LogP contribution in [0.4, 0.5) is 0 Å². The molecule has 2 aliphatic carbocycles. The van der Waals surface area contributed by atoms with Crippen LogP contribution in [0.5, 0.6) is 11.5 Å². The second-order valence-corrected chi connectivity index (χ2v) is 21.5. The minimum absolute atomic E-state index is 0.208. The Kier molecular flexibility index (Phi) is 9.86. The fourth-order valence-electron chi connectivity index (χ4n) is 13.0. The van der Waals surface area contributed by atoms with Gasteiger partial charge in [0.05, 0.1) is 5.41 Å². The second-order valence-electron chi connectivity index (χ2n) is 20.5. The third kappa shape index (κ3) is 6.87. The Morgan fingerprint density at radius 2 is 0.950 bits per heavy atom. The van der Waals surface area contributed by atoms with E-state index in [0.717, 1.165) is 81.4 Å². The van der Waals surface area contributed by atoms with Gasteiger partial charge in [0.1, 0.15) is 0 Å². The fraction of sp³-hybridized carbons (Fsp3) is 0.0270. The molecule has 11 aromatic carbocycles. The van der Waals surface area contributed by atoms with Crippen molar-refractivity contribution in [2.75, 3.05) is 0 Å². The van der Waals surface area contributed by atoms with Gasteiger partial charge in [-0.15, -0.1) is 0 Å². The van der Waals surface area contributed by atoms with E-state index in [2.05, 4.69) is 245 Å². The molecule has 3 heterocycles. The van der Waals surface area contributed by atoms with Gasteiger partial charge >= 0.3 is 294 Å². The Bertz CT molecular complexity index is 4920. The molecule has 5 nitrogen and oxygen atoms in total. The predicted octanol–water partition coefficient (Wildman–Crippen LogP) is 18.0. The van der Waals surface area contributed by atoms with Crippen molar-refractivity contribution in [1.29, 1.82) is 0 Å². The van der Waals surface area contributed by atoms with Gasteiger partial charge in [0.15, 0.2) is 0 Å². The molecule has 14 aromatic rings. The standard InChI is InChI=1S/C74H46N4O.Pt/c1-48-41-72(75-46-63(48)51-25-9-4-10-26-51)78-70-43-54(39-40-60(70)62-44-61-59-31-13-16-36-66(59)74(67(61)45-71(62)78)64-34-14-11-29-57(64)58-30-12-15-35-65(58)74)79-53-28-19-27-52(42-53)76-47-77(69-38-18-17-37-68(69)76)73-55(49-21-5-2-6-22-49)32-20-33-56(73)50-23-7-3-8-24-50;/h2-41,44-46H,1H3;/q-2;/i1D3;. The van der Waals surface area contributed by atoms with Crippen LogP contribution in [0.1, 0.15) is 31.9 Å². The van der Waals surface area contributed by atoms with Crippen molar-refractivity contribution in [1.82, 2.24) is 18.7 Å². The first-order valence-electron chi connectivity index (χ1n) is 28.3. The average Bonchev–Trinajstić information content (AvgIpc) is 1.76. The average molecular weight is 1210 g/mol. The van der Waals surface area contributed by atoms with Crippen LogP contribution in [0.15, 0.2) is 261 Å². The Labute approximate surface area is 478 Å². The van der Waals surface area contributed by atoms with Crippen molar-refractivity contribution < 1.29 is 28.2 Å². The summed E-state index contributed by atoms with van der Waals surface area (Å²) in [7, 11) is 0. The molecule has 0 saturated carbocycles. The van der Waals surface area contributed by atoms with E-state index in [9.17, 15) is 0 Å². The molecule has 16 rings (SSSR count). The molecule has 3 aromatic heterocycles. The normalized spacial score (nSPS) is 13.4. The minimum atomic E-state index is -2.46. The molecule has 0 saturated heterocycles. The number of aryl methyl sites for hydroxylation is 1. The van der Waals surface area contributed by atoms with Crippen molar-refractivity contribution >= 4 is 32.8 Å². The van der Waals surface area contributed by atoms with Gasteiger partial charge in [0.2, 0.25) is 0 Å². The summed E-state index contributed by atoms with van der Waals surface area (Å²) in [6.07, 6.45) is 1.71. The predicted molar refractivity (Wildman–Crippen MR) is 320 cm³/mol. The zero-order valence-corrected chi connectivity index (χ0v) is 45.1. The first-order chi connectivity index (χ1) is 40.7. The summed E-state index contributed by atoms with van der Waals surface area (Å²) in [5.74, 6) is 1.43. The Morgan fingerprint density at radius 3 is 1.57 bits per heavy atom. The van der Waals surface area contributed by atoms with Crippen molar-refractivity contribution in [2.45, 2.75) is 12.3 Å². The molecule has 380 valence electrons. The van der Waals surface area contributed by atoms with E-state index < -0.39 is 12.3 Å². The van der Waals surface area contributed by atoms with Crippen molar-refractivity contribution in [3.8, 4) is 84.3 Å². The summed E-state index contributed by atoms with van der Waals surface area (Å²) in [6.45, 7) is -2.46. The van der Waals surface area contributed by atoms with Crippen molar-refractivity contribution in [3.05, 3.63) is 305 Å². The molecule has 0 aliphatic heterocycles. The van der Waals surface area contributed by atoms with Crippen LogP contribution in [0.25, 0.3) is 106 Å². The number of para-hydroxylation sites is 3. The van der Waals surface area contributed by atoms with Gasteiger partial charge in [-0.05, 0) is 62.5 Å². The number of hydrogen-bond donors (Lipinski definition) is 0. The zero-order valence-electron chi connectivity index (χ0n) is 45.8. The fourth-order valence-corrected chi connectivity index (χ4v) is 14.1. The van der Waals surface area contributed by atoms with Gasteiger partial charge in [0.25, 0.3) is 0 Å². The maximum atomic E-state index is 8.93. The topological polar surface area (TPSA) is 36.9 Å². The van der Waals surface area contributed by atoms with E-state index in [1.807, 2.05) is 48.5 Å². The van der Waals surface area contributed by atoms with Gasteiger partial charge in [-0.1, -0.05) is 103 Å². The number of pyridine rings is 1. The first-order valence-corrected chi connectivity index (χ1v) is 27.9. The van der Waals surface area contributed by atoms with Gasteiger partial charge in [-0.2, -0.15) is 0 Å². The number of fused-ring (bicyclic) bond motifs is 14. The smallest absolute Gasteiger partial charge is 0.0622 e. The van der Waals surface area contributed by atoms with E-state index in [1.165, 1.54) is 33.4 Å². The van der Waals surface area contributed by atoms with E-state index in [4.69, 9.17) is 13.8 Å². The summed E-state index contributed by atoms with van der Waals surface area (Å²) in [5, 5.41) is 1.91. The molecule has 0 radical (unpaired) electrons. The number of nitrogens with zero attached hydrogens (tertiary/aromatic N) is 4. The SMILES string of the molecule is [2H]C([2H])([2H])c1cc(-n2c3[c-]c(Oc4[c-]c(-n5[c](=[Pt])n(-c6c(-c7ccccc7)cccc6-c6ccccc6)c6ccccc65)ccc4)ccc3c3cc4c(cc32)C2(c3ccccc3-c3ccccc32)c2ccccc2-4)ncc1-c1ccccc1. The molecule has 1 spiro atoms. The number of ether oxygens (including phenoxy) is 1. The van der Waals surface area contributed by atoms with Gasteiger partial charge in [-0.3, -0.25) is 0 Å². The van der Waals surface area contributed by atoms with Crippen LogP contribution in [0.3, 0.4) is 0 Å². The number of aromatic nitrogens is 4. The summed E-state index contributed by atoms with van der Waals surface area (Å²) < 4.78 is 41.3. The monoisotopic (exact) mass is 1200 g/mol. The molecule has 0 fully saturated rings. The molecule has 0 unspecified atom stereocenters. The number of rotatable bonds is 8. The molecule has 2 aliphatic rings. The van der Waals surface area contributed by atoms with Crippen LogP contribution in [-0.4, -0.2) is 18.7 Å². The summed E-state index contributed by atoms with van der Waals surface area (Å²) in [5.41, 5.74) is 20.5. The third-order valence-corrected chi connectivity index (χ3v) is 17.3. The van der Waals surface area contributed by atoms with Crippen LogP contribution in [0, 0.1) is 22.8 Å². The van der Waals surface area contributed by atoms with E-state index in [1.54, 1.807) is 12.3 Å². The molecule has 0 N–H and O–H groups in total. The zero-order chi connectivity index (χ0) is 55.6. The van der Waals surface area contributed by atoms with Gasteiger partial charge in [-0.25, -0.2) is 0 Å². The molecular formula is C74H46N4OPt-2.